The Balaban J connectivity index is 1.68. The number of aromatic nitrogens is 2. The molecule has 6 heteroatoms. The highest BCUT2D eigenvalue weighted by Gasteiger charge is 2.10. The van der Waals surface area contributed by atoms with Crippen LogP contribution in [0.25, 0.3) is 19.3 Å². The van der Waals surface area contributed by atoms with Gasteiger partial charge >= 0.3 is 0 Å². The summed E-state index contributed by atoms with van der Waals surface area (Å²) >= 11 is 5.31. The van der Waals surface area contributed by atoms with Crippen LogP contribution in [0.2, 0.25) is 0 Å². The van der Waals surface area contributed by atoms with Gasteiger partial charge in [-0.15, -0.1) is 32.9 Å². The van der Waals surface area contributed by atoms with Crippen LogP contribution in [0.5, 0.6) is 0 Å². The number of hydrogen-bond acceptors (Lipinski definition) is 6. The van der Waals surface area contributed by atoms with Gasteiger partial charge in [0.1, 0.15) is 5.01 Å². The van der Waals surface area contributed by atoms with E-state index in [1.165, 1.54) is 20.7 Å². The fourth-order valence-electron chi connectivity index (χ4n) is 1.82. The molecule has 0 fully saturated rings. The van der Waals surface area contributed by atoms with Gasteiger partial charge in [-0.1, -0.05) is 18.3 Å². The van der Waals surface area contributed by atoms with E-state index in [4.69, 9.17) is 0 Å². The Morgan fingerprint density at radius 3 is 2.95 bits per heavy atom. The van der Waals surface area contributed by atoms with E-state index in [9.17, 15) is 0 Å². The summed E-state index contributed by atoms with van der Waals surface area (Å²) in [5.74, 6) is 0. The van der Waals surface area contributed by atoms with E-state index in [1.54, 1.807) is 34.0 Å². The minimum atomic E-state index is 0.970. The Kier molecular flexibility index (Phi) is 4.22. The molecule has 0 atom stereocenters. The van der Waals surface area contributed by atoms with Gasteiger partial charge in [-0.3, -0.25) is 0 Å². The number of thiophene rings is 2. The fourth-order valence-corrected chi connectivity index (χ4v) is 4.81. The van der Waals surface area contributed by atoms with Crippen molar-refractivity contribution < 1.29 is 0 Å². The van der Waals surface area contributed by atoms with Crippen LogP contribution in [0.15, 0.2) is 17.5 Å². The zero-order valence-corrected chi connectivity index (χ0v) is 13.1. The quantitative estimate of drug-likeness (QED) is 0.699. The third-order valence-corrected chi connectivity index (χ3v) is 6.01. The molecule has 0 saturated carbocycles. The third-order valence-electron chi connectivity index (χ3n) is 2.76. The molecule has 0 amide bonds. The molecular formula is C13H15N3S3. The lowest BCUT2D eigenvalue weighted by Gasteiger charge is -1.98. The van der Waals surface area contributed by atoms with Crippen LogP contribution in [0.1, 0.15) is 18.4 Å². The van der Waals surface area contributed by atoms with Crippen molar-refractivity contribution in [2.24, 2.45) is 0 Å². The molecule has 3 heterocycles. The molecule has 0 aliphatic carbocycles. The van der Waals surface area contributed by atoms with Crippen LogP contribution in [0.4, 0.5) is 0 Å². The largest absolute Gasteiger partial charge is 0.316 e. The van der Waals surface area contributed by atoms with E-state index in [-0.39, 0.29) is 0 Å². The molecule has 3 rings (SSSR count). The highest BCUT2D eigenvalue weighted by atomic mass is 32.1. The minimum absolute atomic E-state index is 0.970. The van der Waals surface area contributed by atoms with Gasteiger partial charge in [0.05, 0.1) is 4.88 Å². The number of hydrogen-bond donors (Lipinski definition) is 1. The van der Waals surface area contributed by atoms with Gasteiger partial charge in [-0.25, -0.2) is 0 Å². The summed E-state index contributed by atoms with van der Waals surface area (Å²) < 4.78 is 2.70. The van der Waals surface area contributed by atoms with Gasteiger partial charge in [0, 0.05) is 22.4 Å². The van der Waals surface area contributed by atoms with Gasteiger partial charge in [-0.05, 0) is 30.5 Å². The molecule has 0 saturated heterocycles. The number of fused-ring (bicyclic) bond motifs is 1. The van der Waals surface area contributed by atoms with Gasteiger partial charge in [0.25, 0.3) is 0 Å². The lowest BCUT2D eigenvalue weighted by atomic mass is 10.4. The molecule has 0 aliphatic heterocycles. The first kappa shape index (κ1) is 13.2. The Morgan fingerprint density at radius 2 is 2.11 bits per heavy atom. The molecule has 0 bridgehead atoms. The predicted molar refractivity (Wildman–Crippen MR) is 85.5 cm³/mol. The van der Waals surface area contributed by atoms with Crippen LogP contribution in [0.3, 0.4) is 0 Å². The number of nitrogens with zero attached hydrogens (tertiary/aromatic N) is 2. The van der Waals surface area contributed by atoms with E-state index < -0.39 is 0 Å². The molecule has 0 aliphatic rings. The highest BCUT2D eigenvalue weighted by Crippen LogP contribution is 2.37. The van der Waals surface area contributed by atoms with E-state index in [0.717, 1.165) is 29.5 Å². The van der Waals surface area contributed by atoms with E-state index >= 15 is 0 Å². The second-order valence-corrected chi connectivity index (χ2v) is 7.35. The van der Waals surface area contributed by atoms with Gasteiger partial charge < -0.3 is 5.32 Å². The fraction of sp³-hybridized carbons (Fsp3) is 0.385. The summed E-state index contributed by atoms with van der Waals surface area (Å²) in [7, 11) is 0. The summed E-state index contributed by atoms with van der Waals surface area (Å²) in [5, 5.41) is 16.3. The minimum Gasteiger partial charge on any atom is -0.316 e. The summed E-state index contributed by atoms with van der Waals surface area (Å²) in [6.07, 6.45) is 2.14. The maximum Gasteiger partial charge on any atom is 0.157 e. The standard InChI is InChI=1S/C13H15N3S3/c1-2-5-14-6-3-12-15-16-13(19-12)11-8-10-9(18-11)4-7-17-10/h4,7-8,14H,2-3,5-6H2,1H3. The van der Waals surface area contributed by atoms with Crippen LogP contribution in [-0.2, 0) is 6.42 Å². The van der Waals surface area contributed by atoms with Crippen LogP contribution >= 0.6 is 34.0 Å². The molecule has 19 heavy (non-hydrogen) atoms. The van der Waals surface area contributed by atoms with Crippen molar-refractivity contribution in [3.05, 3.63) is 22.5 Å². The maximum atomic E-state index is 4.32. The molecular weight excluding hydrogens is 294 g/mol. The van der Waals surface area contributed by atoms with Crippen molar-refractivity contribution in [1.29, 1.82) is 0 Å². The highest BCUT2D eigenvalue weighted by molar-refractivity contribution is 7.30. The Labute approximate surface area is 124 Å². The number of nitrogens with one attached hydrogen (secondary N) is 1. The Morgan fingerprint density at radius 1 is 1.16 bits per heavy atom. The summed E-state index contributed by atoms with van der Waals surface area (Å²) in [4.78, 5) is 1.24. The lowest BCUT2D eigenvalue weighted by molar-refractivity contribution is 0.668. The average molecular weight is 309 g/mol. The van der Waals surface area contributed by atoms with E-state index in [0.29, 0.717) is 0 Å². The maximum absolute atomic E-state index is 4.32. The monoisotopic (exact) mass is 309 g/mol. The van der Waals surface area contributed by atoms with Crippen molar-refractivity contribution in [2.75, 3.05) is 13.1 Å². The number of rotatable bonds is 6. The molecule has 100 valence electrons. The predicted octanol–water partition coefficient (Wildman–Crippen LogP) is 4.02. The first-order chi connectivity index (χ1) is 9.36. The van der Waals surface area contributed by atoms with Gasteiger partial charge in [0.2, 0.25) is 0 Å². The van der Waals surface area contributed by atoms with E-state index in [2.05, 4.69) is 40.0 Å². The normalized spacial score (nSPS) is 11.4. The first-order valence-electron chi connectivity index (χ1n) is 6.37. The molecule has 3 aromatic heterocycles. The lowest BCUT2D eigenvalue weighted by Crippen LogP contribution is -2.17. The SMILES string of the molecule is CCCNCCc1nnc(-c2cc3sccc3s2)s1. The summed E-state index contributed by atoms with van der Waals surface area (Å²) in [6.45, 7) is 4.24. The van der Waals surface area contributed by atoms with Crippen LogP contribution < -0.4 is 5.32 Å². The molecule has 0 unspecified atom stereocenters. The van der Waals surface area contributed by atoms with Crippen LogP contribution in [0, 0.1) is 0 Å². The van der Waals surface area contributed by atoms with Crippen molar-refractivity contribution in [2.45, 2.75) is 19.8 Å². The molecule has 0 radical (unpaired) electrons. The first-order valence-corrected chi connectivity index (χ1v) is 8.88. The second-order valence-electron chi connectivity index (χ2n) is 4.26. The zero-order valence-electron chi connectivity index (χ0n) is 10.7. The molecule has 1 N–H and O–H groups in total. The molecule has 0 spiro atoms. The average Bonchev–Trinajstić information content (AvgIpc) is 3.08. The van der Waals surface area contributed by atoms with Crippen molar-refractivity contribution in [3.8, 4) is 9.88 Å². The van der Waals surface area contributed by atoms with Gasteiger partial charge in [-0.2, -0.15) is 0 Å². The second kappa shape index (κ2) is 6.09. The van der Waals surface area contributed by atoms with E-state index in [1.807, 2.05) is 0 Å². The van der Waals surface area contributed by atoms with Gasteiger partial charge in [0.15, 0.2) is 5.01 Å². The molecule has 3 nitrogen and oxygen atoms in total. The topological polar surface area (TPSA) is 37.8 Å². The summed E-state index contributed by atoms with van der Waals surface area (Å²) in [6, 6.07) is 4.40. The molecule has 0 aromatic carbocycles. The van der Waals surface area contributed by atoms with Crippen molar-refractivity contribution in [3.63, 3.8) is 0 Å². The zero-order chi connectivity index (χ0) is 13.1. The van der Waals surface area contributed by atoms with Crippen molar-refractivity contribution in [1.82, 2.24) is 15.5 Å². The third kappa shape index (κ3) is 3.02. The summed E-state index contributed by atoms with van der Waals surface area (Å²) in [5.41, 5.74) is 0. The smallest absolute Gasteiger partial charge is 0.157 e. The van der Waals surface area contributed by atoms with Crippen molar-refractivity contribution >= 4 is 43.4 Å². The molecule has 3 aromatic rings. The Bertz CT molecular complexity index is 624. The van der Waals surface area contributed by atoms with Crippen LogP contribution in [-0.4, -0.2) is 23.3 Å². The Hall–Kier alpha value is -0.820.